The van der Waals surface area contributed by atoms with Crippen LogP contribution >= 0.6 is 11.6 Å². The van der Waals surface area contributed by atoms with E-state index < -0.39 is 6.16 Å². The molecule has 0 radical (unpaired) electrons. The standard InChI is InChI=1S/C30H24ClN3O5/c1-17(2)18-9-12-21(13-10-18)34-26-14-11-20(31)16-24(26)27(29(34)36)33-32-25-8-4-7-23(28(25)35)19-5-3-6-22(15-19)39-30(37)38/h3-17,32,35H,1-2H3,(H,37,38). The summed E-state index contributed by atoms with van der Waals surface area (Å²) < 4.78 is 4.73. The average Bonchev–Trinajstić information content (AvgIpc) is 3.18. The zero-order valence-electron chi connectivity index (χ0n) is 21.1. The van der Waals surface area contributed by atoms with Crippen LogP contribution in [-0.4, -0.2) is 28.0 Å². The Labute approximate surface area is 229 Å². The van der Waals surface area contributed by atoms with Crippen molar-refractivity contribution in [1.82, 2.24) is 0 Å². The van der Waals surface area contributed by atoms with Gasteiger partial charge in [-0.05, 0) is 65.6 Å². The lowest BCUT2D eigenvalue weighted by atomic mass is 10.0. The van der Waals surface area contributed by atoms with Crippen molar-refractivity contribution < 1.29 is 24.5 Å². The molecular formula is C30H24ClN3O5. The maximum atomic E-state index is 13.6. The van der Waals surface area contributed by atoms with Gasteiger partial charge in [0.2, 0.25) is 0 Å². The van der Waals surface area contributed by atoms with E-state index in [9.17, 15) is 14.7 Å². The summed E-state index contributed by atoms with van der Waals surface area (Å²) in [6, 6.07) is 24.3. The molecule has 0 saturated heterocycles. The molecule has 1 aliphatic heterocycles. The van der Waals surface area contributed by atoms with Crippen LogP contribution in [0.15, 0.2) is 90.0 Å². The summed E-state index contributed by atoms with van der Waals surface area (Å²) in [7, 11) is 0. The number of rotatable bonds is 6. The van der Waals surface area contributed by atoms with Gasteiger partial charge in [0.05, 0.1) is 11.4 Å². The Morgan fingerprint density at radius 2 is 1.72 bits per heavy atom. The van der Waals surface area contributed by atoms with Crippen LogP contribution in [0, 0.1) is 0 Å². The van der Waals surface area contributed by atoms with E-state index in [0.717, 1.165) is 5.56 Å². The molecule has 0 saturated carbocycles. The van der Waals surface area contributed by atoms with Crippen molar-refractivity contribution in [2.75, 3.05) is 10.3 Å². The molecule has 0 aromatic heterocycles. The molecule has 3 N–H and O–H groups in total. The largest absolute Gasteiger partial charge is 0.511 e. The van der Waals surface area contributed by atoms with E-state index in [2.05, 4.69) is 24.4 Å². The summed E-state index contributed by atoms with van der Waals surface area (Å²) in [4.78, 5) is 26.1. The van der Waals surface area contributed by atoms with Crippen LogP contribution in [0.25, 0.3) is 11.1 Å². The van der Waals surface area contributed by atoms with Crippen LogP contribution in [0.5, 0.6) is 11.5 Å². The fraction of sp³-hybridized carbons (Fsp3) is 0.100. The first-order valence-corrected chi connectivity index (χ1v) is 12.5. The van der Waals surface area contributed by atoms with Crippen LogP contribution in [0.1, 0.15) is 30.9 Å². The number of carboxylic acid groups (broad SMARTS) is 1. The predicted octanol–water partition coefficient (Wildman–Crippen LogP) is 7.39. The lowest BCUT2D eigenvalue weighted by molar-refractivity contribution is -0.111. The maximum Gasteiger partial charge on any atom is 0.511 e. The van der Waals surface area contributed by atoms with E-state index in [1.807, 2.05) is 24.3 Å². The van der Waals surface area contributed by atoms with Gasteiger partial charge >= 0.3 is 6.16 Å². The van der Waals surface area contributed by atoms with Crippen molar-refractivity contribution in [2.24, 2.45) is 5.10 Å². The van der Waals surface area contributed by atoms with Crippen LogP contribution in [0.2, 0.25) is 5.02 Å². The summed E-state index contributed by atoms with van der Waals surface area (Å²) in [5, 5.41) is 24.7. The molecule has 4 aromatic rings. The van der Waals surface area contributed by atoms with Gasteiger partial charge in [0.1, 0.15) is 11.5 Å². The van der Waals surface area contributed by atoms with E-state index in [4.69, 9.17) is 21.4 Å². The number of halogens is 1. The first kappa shape index (κ1) is 25.8. The second kappa shape index (κ2) is 10.5. The summed E-state index contributed by atoms with van der Waals surface area (Å²) in [5.41, 5.74) is 7.23. The number of hydrazone groups is 1. The molecule has 0 spiro atoms. The zero-order valence-corrected chi connectivity index (χ0v) is 21.8. The first-order valence-electron chi connectivity index (χ1n) is 12.1. The summed E-state index contributed by atoms with van der Waals surface area (Å²) in [6.45, 7) is 4.21. The molecule has 4 aromatic carbocycles. The molecule has 5 rings (SSSR count). The number of phenols is 1. The third-order valence-corrected chi connectivity index (χ3v) is 6.59. The number of phenolic OH excluding ortho intramolecular Hbond substituents is 1. The highest BCUT2D eigenvalue weighted by Gasteiger charge is 2.35. The number of ether oxygens (including phenoxy) is 1. The number of anilines is 3. The van der Waals surface area contributed by atoms with Crippen molar-refractivity contribution in [1.29, 1.82) is 0 Å². The Morgan fingerprint density at radius 1 is 0.974 bits per heavy atom. The summed E-state index contributed by atoms with van der Waals surface area (Å²) in [5.74, 6) is -0.000587. The molecular weight excluding hydrogens is 518 g/mol. The lowest BCUT2D eigenvalue weighted by Gasteiger charge is -2.18. The van der Waals surface area contributed by atoms with E-state index >= 15 is 0 Å². The Bertz CT molecular complexity index is 1620. The first-order chi connectivity index (χ1) is 18.7. The summed E-state index contributed by atoms with van der Waals surface area (Å²) >= 11 is 6.27. The second-order valence-electron chi connectivity index (χ2n) is 9.22. The van der Waals surface area contributed by atoms with Crippen LogP contribution in [-0.2, 0) is 4.79 Å². The molecule has 39 heavy (non-hydrogen) atoms. The number of amides is 1. The molecule has 1 amide bonds. The molecule has 0 aliphatic carbocycles. The van der Waals surface area contributed by atoms with E-state index in [-0.39, 0.29) is 28.8 Å². The number of carbonyl (C=O) groups is 2. The molecule has 9 heteroatoms. The minimum Gasteiger partial charge on any atom is -0.505 e. The van der Waals surface area contributed by atoms with Gasteiger partial charge in [0, 0.05) is 21.8 Å². The molecule has 196 valence electrons. The lowest BCUT2D eigenvalue weighted by Crippen LogP contribution is -2.26. The van der Waals surface area contributed by atoms with Crippen molar-refractivity contribution in [3.05, 3.63) is 101 Å². The van der Waals surface area contributed by atoms with Gasteiger partial charge in [-0.2, -0.15) is 5.10 Å². The minimum absolute atomic E-state index is 0.115. The van der Waals surface area contributed by atoms with Gasteiger partial charge in [-0.25, -0.2) is 4.79 Å². The van der Waals surface area contributed by atoms with Crippen molar-refractivity contribution >= 4 is 46.4 Å². The van der Waals surface area contributed by atoms with E-state index in [1.165, 1.54) is 12.1 Å². The third kappa shape index (κ3) is 5.15. The van der Waals surface area contributed by atoms with Crippen LogP contribution in [0.3, 0.4) is 0 Å². The highest BCUT2D eigenvalue weighted by Crippen LogP contribution is 2.39. The Balaban J connectivity index is 1.49. The number of hydrogen-bond acceptors (Lipinski definition) is 6. The third-order valence-electron chi connectivity index (χ3n) is 6.35. The zero-order chi connectivity index (χ0) is 27.7. The molecule has 8 nitrogen and oxygen atoms in total. The van der Waals surface area contributed by atoms with Gasteiger partial charge in [0.15, 0.2) is 5.71 Å². The number of benzene rings is 4. The van der Waals surface area contributed by atoms with Gasteiger partial charge in [-0.3, -0.25) is 15.1 Å². The fourth-order valence-corrected chi connectivity index (χ4v) is 4.58. The minimum atomic E-state index is -1.44. The Kier molecular flexibility index (Phi) is 6.96. The Morgan fingerprint density at radius 3 is 2.44 bits per heavy atom. The van der Waals surface area contributed by atoms with Gasteiger partial charge < -0.3 is 14.9 Å². The number of aromatic hydroxyl groups is 1. The highest BCUT2D eigenvalue weighted by molar-refractivity contribution is 6.56. The molecule has 0 unspecified atom stereocenters. The normalized spacial score (nSPS) is 13.6. The van der Waals surface area contributed by atoms with Crippen LogP contribution < -0.4 is 15.1 Å². The van der Waals surface area contributed by atoms with E-state index in [0.29, 0.717) is 39.0 Å². The number of nitrogens with zero attached hydrogens (tertiary/aromatic N) is 2. The Hall–Kier alpha value is -4.82. The van der Waals surface area contributed by atoms with Crippen molar-refractivity contribution in [3.63, 3.8) is 0 Å². The average molecular weight is 542 g/mol. The topological polar surface area (TPSA) is 111 Å². The molecule has 0 atom stereocenters. The maximum absolute atomic E-state index is 13.6. The van der Waals surface area contributed by atoms with Crippen LogP contribution in [0.4, 0.5) is 21.9 Å². The second-order valence-corrected chi connectivity index (χ2v) is 9.65. The SMILES string of the molecule is CC(C)c1ccc(N2C(=O)C(=NNc3cccc(-c4cccc(OC(=O)O)c4)c3O)c3cc(Cl)ccc32)cc1. The van der Waals surface area contributed by atoms with E-state index in [1.54, 1.807) is 53.4 Å². The van der Waals surface area contributed by atoms with Gasteiger partial charge in [-0.15, -0.1) is 0 Å². The van der Waals surface area contributed by atoms with Crippen molar-refractivity contribution in [2.45, 2.75) is 19.8 Å². The number of fused-ring (bicyclic) bond motifs is 1. The molecule has 0 fully saturated rings. The van der Waals surface area contributed by atoms with Gasteiger partial charge in [-0.1, -0.05) is 61.8 Å². The number of nitrogens with one attached hydrogen (secondary N) is 1. The smallest absolute Gasteiger partial charge is 0.505 e. The quantitative estimate of drug-likeness (QED) is 0.102. The number of para-hydroxylation sites is 1. The highest BCUT2D eigenvalue weighted by atomic mass is 35.5. The molecule has 1 heterocycles. The fourth-order valence-electron chi connectivity index (χ4n) is 4.41. The monoisotopic (exact) mass is 541 g/mol. The number of carbonyl (C=O) groups excluding carboxylic acids is 1. The summed E-state index contributed by atoms with van der Waals surface area (Å²) in [6.07, 6.45) is -1.44. The number of hydrogen-bond donors (Lipinski definition) is 3. The van der Waals surface area contributed by atoms with Crippen molar-refractivity contribution in [3.8, 4) is 22.6 Å². The predicted molar refractivity (Wildman–Crippen MR) is 151 cm³/mol. The molecule has 0 bridgehead atoms. The molecule has 1 aliphatic rings. The van der Waals surface area contributed by atoms with Gasteiger partial charge in [0.25, 0.3) is 5.91 Å².